The smallest absolute Gasteiger partial charge is 0.146 e. The second-order valence-electron chi connectivity index (χ2n) is 3.16. The van der Waals surface area contributed by atoms with Crippen LogP contribution in [0.1, 0.15) is 12.5 Å². The molecule has 3 nitrogen and oxygen atoms in total. The highest BCUT2D eigenvalue weighted by atomic mass is 16.1. The first-order valence-corrected chi connectivity index (χ1v) is 4.20. The van der Waals surface area contributed by atoms with E-state index in [0.717, 1.165) is 11.3 Å². The maximum absolute atomic E-state index is 10.9. The largest absolute Gasteiger partial charge is 0.399 e. The molecule has 0 aliphatic heterocycles. The molecule has 0 aromatic heterocycles. The zero-order valence-corrected chi connectivity index (χ0v) is 7.66. The highest BCUT2D eigenvalue weighted by Crippen LogP contribution is 2.07. The van der Waals surface area contributed by atoms with Gasteiger partial charge in [-0.15, -0.1) is 0 Å². The number of anilines is 1. The van der Waals surface area contributed by atoms with Gasteiger partial charge in [-0.05, 0) is 31.0 Å². The predicted molar refractivity (Wildman–Crippen MR) is 53.2 cm³/mol. The van der Waals surface area contributed by atoms with E-state index in [1.54, 1.807) is 0 Å². The van der Waals surface area contributed by atoms with Crippen molar-refractivity contribution in [1.82, 2.24) is 0 Å². The third-order valence-electron chi connectivity index (χ3n) is 1.96. The molecule has 0 radical (unpaired) electrons. The lowest BCUT2D eigenvalue weighted by Crippen LogP contribution is -2.30. The molecule has 0 fully saturated rings. The van der Waals surface area contributed by atoms with Gasteiger partial charge in [0.2, 0.25) is 0 Å². The Balaban J connectivity index is 2.64. The second kappa shape index (κ2) is 4.05. The highest BCUT2D eigenvalue weighted by Gasteiger charge is 2.08. The van der Waals surface area contributed by atoms with Crippen molar-refractivity contribution in [2.45, 2.75) is 19.4 Å². The average Bonchev–Trinajstić information content (AvgIpc) is 2.08. The molecule has 1 rings (SSSR count). The van der Waals surface area contributed by atoms with Gasteiger partial charge in [0.15, 0.2) is 0 Å². The van der Waals surface area contributed by atoms with Crippen molar-refractivity contribution in [1.29, 1.82) is 0 Å². The van der Waals surface area contributed by atoms with E-state index in [1.165, 1.54) is 6.92 Å². The van der Waals surface area contributed by atoms with Crippen LogP contribution >= 0.6 is 0 Å². The normalized spacial score (nSPS) is 12.5. The molecule has 0 aliphatic rings. The molecule has 0 saturated heterocycles. The Morgan fingerprint density at radius 1 is 1.38 bits per heavy atom. The Bertz CT molecular complexity index is 292. The van der Waals surface area contributed by atoms with Crippen LogP contribution in [0, 0.1) is 0 Å². The van der Waals surface area contributed by atoms with E-state index in [1.807, 2.05) is 24.3 Å². The lowest BCUT2D eigenvalue weighted by Gasteiger charge is -2.07. The summed E-state index contributed by atoms with van der Waals surface area (Å²) in [7, 11) is 0. The van der Waals surface area contributed by atoms with E-state index in [-0.39, 0.29) is 5.78 Å². The Morgan fingerprint density at radius 2 is 1.92 bits per heavy atom. The number of carbonyl (C=O) groups is 1. The summed E-state index contributed by atoms with van der Waals surface area (Å²) in [6.45, 7) is 1.50. The number of nitrogens with two attached hydrogens (primary N) is 2. The summed E-state index contributed by atoms with van der Waals surface area (Å²) in [5.74, 6) is 0.0109. The number of carbonyl (C=O) groups excluding carboxylic acids is 1. The topological polar surface area (TPSA) is 69.1 Å². The Labute approximate surface area is 77.7 Å². The molecule has 0 spiro atoms. The van der Waals surface area contributed by atoms with Gasteiger partial charge in [-0.1, -0.05) is 12.1 Å². The molecule has 0 heterocycles. The molecule has 1 atom stereocenters. The van der Waals surface area contributed by atoms with Crippen LogP contribution in [0.4, 0.5) is 5.69 Å². The van der Waals surface area contributed by atoms with Crippen molar-refractivity contribution in [3.8, 4) is 0 Å². The van der Waals surface area contributed by atoms with Crippen molar-refractivity contribution >= 4 is 11.5 Å². The van der Waals surface area contributed by atoms with Crippen LogP contribution in [0.2, 0.25) is 0 Å². The van der Waals surface area contributed by atoms with Crippen molar-refractivity contribution in [2.24, 2.45) is 5.73 Å². The molecule has 70 valence electrons. The monoisotopic (exact) mass is 178 g/mol. The maximum Gasteiger partial charge on any atom is 0.146 e. The van der Waals surface area contributed by atoms with E-state index in [9.17, 15) is 4.79 Å². The van der Waals surface area contributed by atoms with Crippen LogP contribution in [-0.2, 0) is 11.2 Å². The van der Waals surface area contributed by atoms with E-state index in [4.69, 9.17) is 11.5 Å². The van der Waals surface area contributed by atoms with Crippen molar-refractivity contribution in [2.75, 3.05) is 5.73 Å². The molecular weight excluding hydrogens is 164 g/mol. The van der Waals surface area contributed by atoms with Gasteiger partial charge in [0, 0.05) is 5.69 Å². The molecule has 0 saturated carbocycles. The molecule has 0 bridgehead atoms. The first kappa shape index (κ1) is 9.74. The summed E-state index contributed by atoms with van der Waals surface area (Å²) in [6.07, 6.45) is 0.579. The number of hydrogen-bond donors (Lipinski definition) is 2. The zero-order valence-electron chi connectivity index (χ0n) is 7.66. The Kier molecular flexibility index (Phi) is 3.03. The van der Waals surface area contributed by atoms with Crippen molar-refractivity contribution in [3.63, 3.8) is 0 Å². The third kappa shape index (κ3) is 2.87. The van der Waals surface area contributed by atoms with Gasteiger partial charge in [-0.25, -0.2) is 0 Å². The predicted octanol–water partition coefficient (Wildman–Crippen LogP) is 0.728. The number of nitrogen functional groups attached to an aromatic ring is 1. The molecule has 4 N–H and O–H groups in total. The first-order valence-electron chi connectivity index (χ1n) is 4.20. The van der Waals surface area contributed by atoms with Gasteiger partial charge in [-0.3, -0.25) is 4.79 Å². The van der Waals surface area contributed by atoms with E-state index in [0.29, 0.717) is 6.42 Å². The summed E-state index contributed by atoms with van der Waals surface area (Å²) >= 11 is 0. The quantitative estimate of drug-likeness (QED) is 0.670. The fourth-order valence-corrected chi connectivity index (χ4v) is 1.05. The minimum absolute atomic E-state index is 0.0109. The van der Waals surface area contributed by atoms with Crippen molar-refractivity contribution in [3.05, 3.63) is 29.8 Å². The summed E-state index contributed by atoms with van der Waals surface area (Å²) in [6, 6.07) is 6.99. The lowest BCUT2D eigenvalue weighted by atomic mass is 10.0. The number of rotatable bonds is 3. The maximum atomic E-state index is 10.9. The standard InChI is InChI=1S/C10H14N2O/c1-7(13)10(12)6-8-2-4-9(11)5-3-8/h2-5,10H,6,11-12H2,1H3/t10-/m1/s1. The van der Waals surface area contributed by atoms with Gasteiger partial charge in [0.25, 0.3) is 0 Å². The molecular formula is C10H14N2O. The minimum Gasteiger partial charge on any atom is -0.399 e. The zero-order chi connectivity index (χ0) is 9.84. The van der Waals surface area contributed by atoms with Crippen LogP contribution in [0.3, 0.4) is 0 Å². The van der Waals surface area contributed by atoms with Crippen LogP contribution in [0.5, 0.6) is 0 Å². The van der Waals surface area contributed by atoms with E-state index in [2.05, 4.69) is 0 Å². The molecule has 13 heavy (non-hydrogen) atoms. The molecule has 3 heteroatoms. The Hall–Kier alpha value is -1.35. The molecule has 0 amide bonds. The van der Waals surface area contributed by atoms with Gasteiger partial charge < -0.3 is 11.5 Å². The lowest BCUT2D eigenvalue weighted by molar-refractivity contribution is -0.118. The summed E-state index contributed by atoms with van der Waals surface area (Å²) in [5.41, 5.74) is 12.9. The molecule has 0 unspecified atom stereocenters. The van der Waals surface area contributed by atoms with Crippen LogP contribution < -0.4 is 11.5 Å². The summed E-state index contributed by atoms with van der Waals surface area (Å²) in [4.78, 5) is 10.9. The van der Waals surface area contributed by atoms with E-state index >= 15 is 0 Å². The second-order valence-corrected chi connectivity index (χ2v) is 3.16. The summed E-state index contributed by atoms with van der Waals surface area (Å²) < 4.78 is 0. The van der Waals surface area contributed by atoms with Gasteiger partial charge in [0.05, 0.1) is 6.04 Å². The number of ketones is 1. The summed E-state index contributed by atoms with van der Waals surface area (Å²) in [5, 5.41) is 0. The van der Waals surface area contributed by atoms with Gasteiger partial charge in [0.1, 0.15) is 5.78 Å². The molecule has 1 aromatic rings. The van der Waals surface area contributed by atoms with Crippen molar-refractivity contribution < 1.29 is 4.79 Å². The minimum atomic E-state index is -0.399. The van der Waals surface area contributed by atoms with Crippen LogP contribution in [-0.4, -0.2) is 11.8 Å². The Morgan fingerprint density at radius 3 is 2.38 bits per heavy atom. The fourth-order valence-electron chi connectivity index (χ4n) is 1.05. The molecule has 0 aliphatic carbocycles. The number of Topliss-reactive ketones (excluding diaryl/α,β-unsaturated/α-hetero) is 1. The highest BCUT2D eigenvalue weighted by molar-refractivity contribution is 5.81. The average molecular weight is 178 g/mol. The number of hydrogen-bond acceptors (Lipinski definition) is 3. The SMILES string of the molecule is CC(=O)[C@H](N)Cc1ccc(N)cc1. The van der Waals surface area contributed by atoms with Crippen LogP contribution in [0.25, 0.3) is 0 Å². The third-order valence-corrected chi connectivity index (χ3v) is 1.96. The van der Waals surface area contributed by atoms with Gasteiger partial charge in [-0.2, -0.15) is 0 Å². The van der Waals surface area contributed by atoms with Crippen LogP contribution in [0.15, 0.2) is 24.3 Å². The van der Waals surface area contributed by atoms with E-state index < -0.39 is 6.04 Å². The van der Waals surface area contributed by atoms with Gasteiger partial charge >= 0.3 is 0 Å². The molecule has 1 aromatic carbocycles. The first-order chi connectivity index (χ1) is 6.09. The number of benzene rings is 1. The fraction of sp³-hybridized carbons (Fsp3) is 0.300.